The van der Waals surface area contributed by atoms with Crippen molar-refractivity contribution in [3.05, 3.63) is 65.9 Å². The zero-order valence-electron chi connectivity index (χ0n) is 18.9. The molecule has 0 saturated carbocycles. The molecule has 2 aromatic carbocycles. The van der Waals surface area contributed by atoms with Gasteiger partial charge >= 0.3 is 0 Å². The first-order chi connectivity index (χ1) is 16.0. The predicted octanol–water partition coefficient (Wildman–Crippen LogP) is 2.65. The van der Waals surface area contributed by atoms with Crippen molar-refractivity contribution < 1.29 is 19.1 Å². The van der Waals surface area contributed by atoms with Crippen LogP contribution in [0.5, 0.6) is 11.6 Å². The SMILES string of the molecule is COc1ccc(N2CCN(C(=O)c3ccc(NC(=O)c4cn(C)nc4OC)cc3)CC2)cc1. The number of methoxy groups -OCH3 is 2. The highest BCUT2D eigenvalue weighted by atomic mass is 16.5. The van der Waals surface area contributed by atoms with Crippen LogP contribution in [0.1, 0.15) is 20.7 Å². The summed E-state index contributed by atoms with van der Waals surface area (Å²) in [4.78, 5) is 29.6. The number of nitrogens with zero attached hydrogens (tertiary/aromatic N) is 4. The van der Waals surface area contributed by atoms with Gasteiger partial charge in [-0.2, -0.15) is 0 Å². The van der Waals surface area contributed by atoms with Gasteiger partial charge in [0.1, 0.15) is 11.3 Å². The van der Waals surface area contributed by atoms with Gasteiger partial charge in [0.05, 0.1) is 14.2 Å². The van der Waals surface area contributed by atoms with Gasteiger partial charge in [-0.25, -0.2) is 0 Å². The number of aryl methyl sites for hydroxylation is 1. The van der Waals surface area contributed by atoms with Crippen LogP contribution < -0.4 is 19.7 Å². The van der Waals surface area contributed by atoms with Crippen LogP contribution in [0.15, 0.2) is 54.7 Å². The lowest BCUT2D eigenvalue weighted by Crippen LogP contribution is -2.48. The Bertz CT molecular complexity index is 1120. The van der Waals surface area contributed by atoms with Crippen LogP contribution >= 0.6 is 0 Å². The molecule has 1 aromatic heterocycles. The molecule has 0 atom stereocenters. The van der Waals surface area contributed by atoms with Crippen molar-refractivity contribution in [1.29, 1.82) is 0 Å². The summed E-state index contributed by atoms with van der Waals surface area (Å²) in [5.41, 5.74) is 2.64. The van der Waals surface area contributed by atoms with Crippen molar-refractivity contribution in [3.8, 4) is 11.6 Å². The summed E-state index contributed by atoms with van der Waals surface area (Å²) in [7, 11) is 4.84. The fraction of sp³-hybridized carbons (Fsp3) is 0.292. The molecule has 1 N–H and O–H groups in total. The molecule has 1 fully saturated rings. The molecule has 0 bridgehead atoms. The number of carbonyl (C=O) groups excluding carboxylic acids is 2. The van der Waals surface area contributed by atoms with Gasteiger partial charge in [0, 0.05) is 56.4 Å². The number of aromatic nitrogens is 2. The van der Waals surface area contributed by atoms with E-state index in [0.29, 0.717) is 29.9 Å². The lowest BCUT2D eigenvalue weighted by atomic mass is 10.1. The fourth-order valence-electron chi connectivity index (χ4n) is 3.81. The average molecular weight is 450 g/mol. The van der Waals surface area contributed by atoms with E-state index in [4.69, 9.17) is 9.47 Å². The zero-order chi connectivity index (χ0) is 23.4. The normalized spacial score (nSPS) is 13.5. The largest absolute Gasteiger partial charge is 0.497 e. The van der Waals surface area contributed by atoms with Gasteiger partial charge in [-0.1, -0.05) is 0 Å². The molecular weight excluding hydrogens is 422 g/mol. The molecule has 1 aliphatic heterocycles. The average Bonchev–Trinajstić information content (AvgIpc) is 3.25. The van der Waals surface area contributed by atoms with E-state index in [2.05, 4.69) is 15.3 Å². The monoisotopic (exact) mass is 449 g/mol. The van der Waals surface area contributed by atoms with Gasteiger partial charge in [-0.3, -0.25) is 14.3 Å². The van der Waals surface area contributed by atoms with Crippen LogP contribution in [0.25, 0.3) is 0 Å². The summed E-state index contributed by atoms with van der Waals surface area (Å²) in [6.07, 6.45) is 1.59. The number of hydrogen-bond donors (Lipinski definition) is 1. The second-order valence-electron chi connectivity index (χ2n) is 7.73. The number of benzene rings is 2. The van der Waals surface area contributed by atoms with Crippen molar-refractivity contribution in [2.75, 3.05) is 50.6 Å². The molecule has 3 aromatic rings. The highest BCUT2D eigenvalue weighted by Gasteiger charge is 2.23. The van der Waals surface area contributed by atoms with E-state index in [9.17, 15) is 9.59 Å². The first kappa shape index (κ1) is 22.2. The molecule has 1 saturated heterocycles. The Morgan fingerprint density at radius 3 is 2.18 bits per heavy atom. The maximum Gasteiger partial charge on any atom is 0.262 e. The summed E-state index contributed by atoms with van der Waals surface area (Å²) in [5, 5.41) is 6.90. The highest BCUT2D eigenvalue weighted by Crippen LogP contribution is 2.22. The molecule has 172 valence electrons. The molecule has 9 nitrogen and oxygen atoms in total. The maximum atomic E-state index is 12.9. The van der Waals surface area contributed by atoms with E-state index in [-0.39, 0.29) is 17.7 Å². The molecule has 0 aliphatic carbocycles. The third-order valence-corrected chi connectivity index (χ3v) is 5.63. The van der Waals surface area contributed by atoms with E-state index >= 15 is 0 Å². The molecule has 0 radical (unpaired) electrons. The van der Waals surface area contributed by atoms with Gasteiger partial charge in [-0.05, 0) is 48.5 Å². The quantitative estimate of drug-likeness (QED) is 0.623. The molecule has 4 rings (SSSR count). The smallest absolute Gasteiger partial charge is 0.262 e. The molecule has 9 heteroatoms. The van der Waals surface area contributed by atoms with E-state index in [1.165, 1.54) is 11.8 Å². The summed E-state index contributed by atoms with van der Waals surface area (Å²) in [6, 6.07) is 14.9. The van der Waals surface area contributed by atoms with Gasteiger partial charge in [0.25, 0.3) is 11.8 Å². The van der Waals surface area contributed by atoms with Gasteiger partial charge in [0.2, 0.25) is 5.88 Å². The van der Waals surface area contributed by atoms with Crippen molar-refractivity contribution in [2.24, 2.45) is 7.05 Å². The molecule has 0 spiro atoms. The van der Waals surface area contributed by atoms with Crippen molar-refractivity contribution in [3.63, 3.8) is 0 Å². The number of anilines is 2. The molecule has 2 amide bonds. The summed E-state index contributed by atoms with van der Waals surface area (Å²) >= 11 is 0. The Morgan fingerprint density at radius 1 is 0.909 bits per heavy atom. The van der Waals surface area contributed by atoms with Gasteiger partial charge in [0.15, 0.2) is 0 Å². The minimum absolute atomic E-state index is 0.0174. The Balaban J connectivity index is 1.34. The van der Waals surface area contributed by atoms with Crippen molar-refractivity contribution in [1.82, 2.24) is 14.7 Å². The van der Waals surface area contributed by atoms with Crippen LogP contribution in [0.3, 0.4) is 0 Å². The van der Waals surface area contributed by atoms with Crippen LogP contribution in [0, 0.1) is 0 Å². The third-order valence-electron chi connectivity index (χ3n) is 5.63. The minimum atomic E-state index is -0.325. The van der Waals surface area contributed by atoms with E-state index in [1.54, 1.807) is 44.6 Å². The predicted molar refractivity (Wildman–Crippen MR) is 125 cm³/mol. The van der Waals surface area contributed by atoms with Crippen LogP contribution in [0.2, 0.25) is 0 Å². The van der Waals surface area contributed by atoms with Crippen molar-refractivity contribution in [2.45, 2.75) is 0 Å². The summed E-state index contributed by atoms with van der Waals surface area (Å²) in [5.74, 6) is 0.743. The lowest BCUT2D eigenvalue weighted by molar-refractivity contribution is 0.0746. The number of piperazine rings is 1. The Kier molecular flexibility index (Phi) is 6.48. The number of ether oxygens (including phenoxy) is 2. The zero-order valence-corrected chi connectivity index (χ0v) is 18.9. The number of hydrogen-bond acceptors (Lipinski definition) is 6. The third kappa shape index (κ3) is 4.92. The molecule has 2 heterocycles. The fourth-order valence-corrected chi connectivity index (χ4v) is 3.81. The Morgan fingerprint density at radius 2 is 1.58 bits per heavy atom. The summed E-state index contributed by atoms with van der Waals surface area (Å²) in [6.45, 7) is 2.81. The van der Waals surface area contributed by atoms with Crippen molar-refractivity contribution >= 4 is 23.2 Å². The Hall–Kier alpha value is -4.01. The maximum absolute atomic E-state index is 12.9. The van der Waals surface area contributed by atoms with E-state index in [0.717, 1.165) is 24.5 Å². The first-order valence-electron chi connectivity index (χ1n) is 10.7. The van der Waals surface area contributed by atoms with E-state index in [1.807, 2.05) is 29.2 Å². The number of rotatable bonds is 6. The van der Waals surface area contributed by atoms with Crippen LogP contribution in [-0.4, -0.2) is 66.9 Å². The van der Waals surface area contributed by atoms with Crippen LogP contribution in [-0.2, 0) is 7.05 Å². The molecular formula is C24H27N5O4. The second kappa shape index (κ2) is 9.64. The summed E-state index contributed by atoms with van der Waals surface area (Å²) < 4.78 is 11.9. The minimum Gasteiger partial charge on any atom is -0.497 e. The molecule has 1 aliphatic rings. The Labute approximate surface area is 192 Å². The lowest BCUT2D eigenvalue weighted by Gasteiger charge is -2.36. The number of carbonyl (C=O) groups is 2. The van der Waals surface area contributed by atoms with Gasteiger partial charge in [-0.15, -0.1) is 5.10 Å². The molecule has 0 unspecified atom stereocenters. The number of amides is 2. The standard InChI is InChI=1S/C24H27N5O4/c1-27-16-21(23(26-27)33-3)22(30)25-18-6-4-17(5-7-18)24(31)29-14-12-28(13-15-29)19-8-10-20(32-2)11-9-19/h4-11,16H,12-15H2,1-3H3,(H,25,30). The van der Waals surface area contributed by atoms with Crippen LogP contribution in [0.4, 0.5) is 11.4 Å². The topological polar surface area (TPSA) is 88.9 Å². The second-order valence-corrected chi connectivity index (χ2v) is 7.73. The van der Waals surface area contributed by atoms with E-state index < -0.39 is 0 Å². The number of nitrogens with one attached hydrogen (secondary N) is 1. The first-order valence-corrected chi connectivity index (χ1v) is 10.7. The molecule has 33 heavy (non-hydrogen) atoms. The highest BCUT2D eigenvalue weighted by molar-refractivity contribution is 6.06. The van der Waals surface area contributed by atoms with Gasteiger partial charge < -0.3 is 24.6 Å².